The molecular formula is C20H31FN4O2. The summed E-state index contributed by atoms with van der Waals surface area (Å²) in [7, 11) is 1.72. The summed E-state index contributed by atoms with van der Waals surface area (Å²) in [6.07, 6.45) is 1.94. The molecule has 2 aliphatic rings. The second-order valence-corrected chi connectivity index (χ2v) is 7.50. The van der Waals surface area contributed by atoms with Crippen LogP contribution >= 0.6 is 0 Å². The maximum Gasteiger partial charge on any atom is 0.317 e. The number of piperazine rings is 1. The van der Waals surface area contributed by atoms with Crippen molar-refractivity contribution in [3.05, 3.63) is 30.1 Å². The van der Waals surface area contributed by atoms with Crippen LogP contribution in [0.25, 0.3) is 0 Å². The average molecular weight is 378 g/mol. The quantitative estimate of drug-likeness (QED) is 0.853. The van der Waals surface area contributed by atoms with Crippen LogP contribution in [0.5, 0.6) is 0 Å². The molecule has 0 spiro atoms. The second-order valence-electron chi connectivity index (χ2n) is 7.50. The lowest BCUT2D eigenvalue weighted by Crippen LogP contribution is -2.58. The summed E-state index contributed by atoms with van der Waals surface area (Å²) in [4.78, 5) is 19.0. The lowest BCUT2D eigenvalue weighted by atomic mass is 10.1. The molecule has 2 heterocycles. The molecule has 2 fully saturated rings. The van der Waals surface area contributed by atoms with E-state index in [-0.39, 0.29) is 23.9 Å². The first-order chi connectivity index (χ1) is 13.1. The van der Waals surface area contributed by atoms with E-state index in [9.17, 15) is 9.18 Å². The summed E-state index contributed by atoms with van der Waals surface area (Å²) in [5.74, 6) is -0.206. The van der Waals surface area contributed by atoms with E-state index in [2.05, 4.69) is 10.2 Å². The molecule has 0 bridgehead atoms. The van der Waals surface area contributed by atoms with Gasteiger partial charge in [-0.3, -0.25) is 0 Å². The number of halogens is 1. The van der Waals surface area contributed by atoms with Gasteiger partial charge < -0.3 is 24.8 Å². The van der Waals surface area contributed by atoms with Gasteiger partial charge in [-0.25, -0.2) is 9.18 Å². The van der Waals surface area contributed by atoms with Crippen LogP contribution in [-0.4, -0.2) is 80.9 Å². The molecule has 27 heavy (non-hydrogen) atoms. The van der Waals surface area contributed by atoms with Crippen molar-refractivity contribution in [2.75, 3.05) is 57.9 Å². The number of hydrogen-bond donors (Lipinski definition) is 1. The number of piperidine rings is 1. The highest BCUT2D eigenvalue weighted by Gasteiger charge is 2.30. The van der Waals surface area contributed by atoms with Crippen LogP contribution in [0.2, 0.25) is 0 Å². The van der Waals surface area contributed by atoms with E-state index in [4.69, 9.17) is 4.74 Å². The molecular weight excluding hydrogens is 347 g/mol. The summed E-state index contributed by atoms with van der Waals surface area (Å²) in [5, 5.41) is 3.20. The number of anilines is 1. The van der Waals surface area contributed by atoms with Gasteiger partial charge in [-0.1, -0.05) is 12.1 Å². The van der Waals surface area contributed by atoms with Gasteiger partial charge in [-0.15, -0.1) is 0 Å². The van der Waals surface area contributed by atoms with Gasteiger partial charge in [0.1, 0.15) is 5.82 Å². The van der Waals surface area contributed by atoms with Crippen LogP contribution < -0.4 is 10.2 Å². The van der Waals surface area contributed by atoms with Crippen LogP contribution in [-0.2, 0) is 4.74 Å². The monoisotopic (exact) mass is 378 g/mol. The number of rotatable bonds is 5. The molecule has 1 aromatic rings. The van der Waals surface area contributed by atoms with Gasteiger partial charge in [0.25, 0.3) is 0 Å². The number of nitrogens with zero attached hydrogens (tertiary/aromatic N) is 3. The Balaban J connectivity index is 1.47. The third-order valence-corrected chi connectivity index (χ3v) is 5.61. The molecule has 1 atom stereocenters. The van der Waals surface area contributed by atoms with Crippen molar-refractivity contribution in [3.63, 3.8) is 0 Å². The normalized spacial score (nSPS) is 22.1. The van der Waals surface area contributed by atoms with Crippen LogP contribution in [0.15, 0.2) is 24.3 Å². The van der Waals surface area contributed by atoms with E-state index in [0.717, 1.165) is 39.1 Å². The zero-order chi connectivity index (χ0) is 19.2. The predicted molar refractivity (Wildman–Crippen MR) is 105 cm³/mol. The molecule has 0 aromatic heterocycles. The van der Waals surface area contributed by atoms with Gasteiger partial charge in [-0.05, 0) is 31.9 Å². The second kappa shape index (κ2) is 9.37. The smallest absolute Gasteiger partial charge is 0.317 e. The minimum absolute atomic E-state index is 0.00558. The van der Waals surface area contributed by atoms with E-state index in [1.54, 1.807) is 19.2 Å². The van der Waals surface area contributed by atoms with Crippen LogP contribution in [0.1, 0.15) is 19.8 Å². The van der Waals surface area contributed by atoms with E-state index in [1.165, 1.54) is 6.07 Å². The number of amides is 2. The number of methoxy groups -OCH3 is 1. The van der Waals surface area contributed by atoms with Crippen molar-refractivity contribution in [1.29, 1.82) is 0 Å². The van der Waals surface area contributed by atoms with Crippen molar-refractivity contribution < 1.29 is 13.9 Å². The fraction of sp³-hybridized carbons (Fsp3) is 0.650. The molecule has 6 nitrogen and oxygen atoms in total. The molecule has 2 amide bonds. The summed E-state index contributed by atoms with van der Waals surface area (Å²) >= 11 is 0. The molecule has 0 aliphatic carbocycles. The van der Waals surface area contributed by atoms with Crippen molar-refractivity contribution in [2.24, 2.45) is 0 Å². The third kappa shape index (κ3) is 5.11. The van der Waals surface area contributed by atoms with Crippen molar-refractivity contribution >= 4 is 11.7 Å². The Morgan fingerprint density at radius 3 is 2.63 bits per heavy atom. The molecule has 1 N–H and O–H groups in total. The molecule has 0 saturated carbocycles. The summed E-state index contributed by atoms with van der Waals surface area (Å²) in [6, 6.07) is 7.11. The van der Waals surface area contributed by atoms with Gasteiger partial charge in [-0.2, -0.15) is 0 Å². The lowest BCUT2D eigenvalue weighted by Gasteiger charge is -2.42. The summed E-state index contributed by atoms with van der Waals surface area (Å²) < 4.78 is 19.2. The highest BCUT2D eigenvalue weighted by atomic mass is 19.1. The van der Waals surface area contributed by atoms with Crippen molar-refractivity contribution in [1.82, 2.24) is 15.1 Å². The van der Waals surface area contributed by atoms with E-state index >= 15 is 0 Å². The Kier molecular flexibility index (Phi) is 6.90. The Labute approximate surface area is 161 Å². The van der Waals surface area contributed by atoms with Crippen LogP contribution in [0.3, 0.4) is 0 Å². The van der Waals surface area contributed by atoms with Gasteiger partial charge in [0, 0.05) is 58.5 Å². The lowest BCUT2D eigenvalue weighted by molar-refractivity contribution is 0.122. The Morgan fingerprint density at radius 1 is 1.22 bits per heavy atom. The number of para-hydroxylation sites is 1. The fourth-order valence-electron chi connectivity index (χ4n) is 3.97. The SMILES string of the molecule is COCCN1CCC(NC(=O)N2CCN(c3ccccc3F)C[C@@H]2C)CC1. The largest absolute Gasteiger partial charge is 0.383 e. The van der Waals surface area contributed by atoms with Crippen LogP contribution in [0.4, 0.5) is 14.9 Å². The van der Waals surface area contributed by atoms with E-state index < -0.39 is 0 Å². The Hall–Kier alpha value is -1.86. The number of carbonyl (C=O) groups is 1. The zero-order valence-corrected chi connectivity index (χ0v) is 16.4. The van der Waals surface area contributed by atoms with Gasteiger partial charge in [0.05, 0.1) is 12.3 Å². The van der Waals surface area contributed by atoms with Crippen molar-refractivity contribution in [3.8, 4) is 0 Å². The molecule has 0 unspecified atom stereocenters. The number of benzene rings is 1. The maximum atomic E-state index is 14.0. The van der Waals surface area contributed by atoms with Gasteiger partial charge >= 0.3 is 6.03 Å². The van der Waals surface area contributed by atoms with Gasteiger partial charge in [0.15, 0.2) is 0 Å². The summed E-state index contributed by atoms with van der Waals surface area (Å²) in [5.41, 5.74) is 0.618. The first-order valence-electron chi connectivity index (χ1n) is 9.86. The molecule has 2 aliphatic heterocycles. The fourth-order valence-corrected chi connectivity index (χ4v) is 3.97. The number of nitrogens with one attached hydrogen (secondary N) is 1. The highest BCUT2D eigenvalue weighted by Crippen LogP contribution is 2.22. The molecule has 7 heteroatoms. The number of carbonyl (C=O) groups excluding carboxylic acids is 1. The third-order valence-electron chi connectivity index (χ3n) is 5.61. The topological polar surface area (TPSA) is 48.1 Å². The van der Waals surface area contributed by atoms with Gasteiger partial charge in [0.2, 0.25) is 0 Å². The molecule has 2 saturated heterocycles. The number of likely N-dealkylation sites (tertiary alicyclic amines) is 1. The average Bonchev–Trinajstić information content (AvgIpc) is 2.67. The number of urea groups is 1. The van der Waals surface area contributed by atoms with E-state index in [1.807, 2.05) is 22.8 Å². The summed E-state index contributed by atoms with van der Waals surface area (Å²) in [6.45, 7) is 7.61. The predicted octanol–water partition coefficient (Wildman–Crippen LogP) is 2.16. The highest BCUT2D eigenvalue weighted by molar-refractivity contribution is 5.75. The standard InChI is InChI=1S/C20H31FN4O2/c1-16-15-24(19-6-4-3-5-18(19)21)11-12-25(16)20(26)22-17-7-9-23(10-8-17)13-14-27-2/h3-6,16-17H,7-15H2,1-2H3,(H,22,26)/t16-/m0/s1. The molecule has 0 radical (unpaired) electrons. The molecule has 3 rings (SSSR count). The maximum absolute atomic E-state index is 14.0. The molecule has 150 valence electrons. The number of ether oxygens (including phenoxy) is 1. The first kappa shape index (κ1) is 19.9. The minimum atomic E-state index is -0.206. The minimum Gasteiger partial charge on any atom is -0.383 e. The molecule has 1 aromatic carbocycles. The van der Waals surface area contributed by atoms with Crippen molar-refractivity contribution in [2.45, 2.75) is 31.8 Å². The van der Waals surface area contributed by atoms with Crippen LogP contribution in [0, 0.1) is 5.82 Å². The number of hydrogen-bond acceptors (Lipinski definition) is 4. The zero-order valence-electron chi connectivity index (χ0n) is 16.4. The Morgan fingerprint density at radius 2 is 1.96 bits per heavy atom. The Bertz CT molecular complexity index is 622. The first-order valence-corrected chi connectivity index (χ1v) is 9.86. The van der Waals surface area contributed by atoms with E-state index in [0.29, 0.717) is 25.3 Å².